The van der Waals surface area contributed by atoms with Crippen molar-refractivity contribution in [1.82, 2.24) is 15.0 Å². The number of fused-ring (bicyclic) bond motifs is 1. The van der Waals surface area contributed by atoms with Gasteiger partial charge in [0.25, 0.3) is 5.91 Å². The number of hydrogen-bond acceptors (Lipinski definition) is 3. The van der Waals surface area contributed by atoms with Crippen LogP contribution in [0.25, 0.3) is 11.0 Å². The summed E-state index contributed by atoms with van der Waals surface area (Å²) >= 11 is 3.39. The van der Waals surface area contributed by atoms with Gasteiger partial charge in [0.05, 0.1) is 17.2 Å². The van der Waals surface area contributed by atoms with Crippen LogP contribution in [-0.4, -0.2) is 21.7 Å². The predicted octanol–water partition coefficient (Wildman–Crippen LogP) is 3.26. The van der Waals surface area contributed by atoms with Crippen molar-refractivity contribution < 1.29 is 4.79 Å². The van der Waals surface area contributed by atoms with Crippen LogP contribution in [0.15, 0.2) is 58.1 Å². The first kappa shape index (κ1) is 15.4. The Morgan fingerprint density at radius 3 is 2.96 bits per heavy atom. The average molecular weight is 371 g/mol. The average Bonchev–Trinajstić information content (AvgIpc) is 2.83. The molecule has 2 aromatic carbocycles. The van der Waals surface area contributed by atoms with E-state index in [4.69, 9.17) is 0 Å². The lowest BCUT2D eigenvalue weighted by Crippen LogP contribution is -2.23. The number of halogens is 1. The molecule has 0 aliphatic rings. The van der Waals surface area contributed by atoms with E-state index in [0.29, 0.717) is 0 Å². The van der Waals surface area contributed by atoms with Crippen LogP contribution in [0.5, 0.6) is 0 Å². The Balaban J connectivity index is 1.68. The molecule has 0 fully saturated rings. The first-order valence-corrected chi connectivity index (χ1v) is 7.92. The Hall–Kier alpha value is -2.47. The van der Waals surface area contributed by atoms with Crippen molar-refractivity contribution in [2.45, 2.75) is 13.5 Å². The van der Waals surface area contributed by atoms with Crippen molar-refractivity contribution in [3.05, 3.63) is 64.4 Å². The van der Waals surface area contributed by atoms with E-state index in [1.54, 1.807) is 6.21 Å². The van der Waals surface area contributed by atoms with Gasteiger partial charge in [-0.25, -0.2) is 10.4 Å². The minimum atomic E-state index is -0.192. The molecule has 0 unspecified atom stereocenters. The summed E-state index contributed by atoms with van der Waals surface area (Å²) in [7, 11) is 0. The Bertz CT molecular complexity index is 885. The largest absolute Gasteiger partial charge is 0.319 e. The lowest BCUT2D eigenvalue weighted by Gasteiger charge is -2.05. The number of carbonyl (C=O) groups excluding carboxylic acids is 1. The lowest BCUT2D eigenvalue weighted by molar-refractivity contribution is -0.121. The fraction of sp³-hybridized carbons (Fsp3) is 0.118. The third-order valence-corrected chi connectivity index (χ3v) is 3.89. The number of carbonyl (C=O) groups is 1. The van der Waals surface area contributed by atoms with Gasteiger partial charge < -0.3 is 4.57 Å². The number of rotatable bonds is 4. The van der Waals surface area contributed by atoms with E-state index < -0.39 is 0 Å². The van der Waals surface area contributed by atoms with E-state index in [2.05, 4.69) is 31.4 Å². The first-order chi connectivity index (χ1) is 11.1. The van der Waals surface area contributed by atoms with Crippen molar-refractivity contribution in [3.63, 3.8) is 0 Å². The molecule has 5 nitrogen and oxygen atoms in total. The lowest BCUT2D eigenvalue weighted by atomic mass is 10.2. The van der Waals surface area contributed by atoms with E-state index in [1.165, 1.54) is 0 Å². The third-order valence-electron chi connectivity index (χ3n) is 3.40. The molecule has 0 saturated carbocycles. The molecule has 3 rings (SSSR count). The summed E-state index contributed by atoms with van der Waals surface area (Å²) in [5, 5.41) is 3.99. The quantitative estimate of drug-likeness (QED) is 0.565. The topological polar surface area (TPSA) is 59.3 Å². The molecule has 116 valence electrons. The number of hydrogen-bond donors (Lipinski definition) is 1. The van der Waals surface area contributed by atoms with Crippen molar-refractivity contribution in [2.24, 2.45) is 5.10 Å². The zero-order chi connectivity index (χ0) is 16.2. The highest BCUT2D eigenvalue weighted by Gasteiger charge is 2.09. The highest BCUT2D eigenvalue weighted by Crippen LogP contribution is 2.15. The number of nitrogens with one attached hydrogen (secondary N) is 1. The van der Waals surface area contributed by atoms with Crippen LogP contribution in [0.4, 0.5) is 0 Å². The molecule has 0 saturated heterocycles. The van der Waals surface area contributed by atoms with E-state index in [-0.39, 0.29) is 12.5 Å². The van der Waals surface area contributed by atoms with Crippen LogP contribution >= 0.6 is 15.9 Å². The number of benzene rings is 2. The standard InChI is InChI=1S/C17H15BrN4O/c1-12-20-15-7-2-3-8-16(15)22(12)11-17(23)21-19-10-13-5-4-6-14(18)9-13/h2-10H,11H2,1H3,(H,21,23). The van der Waals surface area contributed by atoms with E-state index in [0.717, 1.165) is 26.9 Å². The SMILES string of the molecule is Cc1nc2ccccc2n1CC(=O)NN=Cc1cccc(Br)c1. The molecule has 1 amide bonds. The molecule has 1 N–H and O–H groups in total. The summed E-state index contributed by atoms with van der Waals surface area (Å²) in [5.74, 6) is 0.611. The van der Waals surface area contributed by atoms with Gasteiger partial charge in [0.15, 0.2) is 0 Å². The molecule has 0 atom stereocenters. The maximum Gasteiger partial charge on any atom is 0.260 e. The molecule has 6 heteroatoms. The van der Waals surface area contributed by atoms with Gasteiger partial charge >= 0.3 is 0 Å². The minimum Gasteiger partial charge on any atom is -0.319 e. The summed E-state index contributed by atoms with van der Waals surface area (Å²) in [6, 6.07) is 15.4. The van der Waals surface area contributed by atoms with E-state index in [1.807, 2.05) is 60.0 Å². The molecule has 0 radical (unpaired) electrons. The van der Waals surface area contributed by atoms with Crippen molar-refractivity contribution in [2.75, 3.05) is 0 Å². The number of amides is 1. The molecule has 1 heterocycles. The van der Waals surface area contributed by atoms with Crippen LogP contribution in [0.2, 0.25) is 0 Å². The molecule has 0 bridgehead atoms. The highest BCUT2D eigenvalue weighted by atomic mass is 79.9. The molecular weight excluding hydrogens is 356 g/mol. The second kappa shape index (κ2) is 6.75. The van der Waals surface area contributed by atoms with Gasteiger partial charge in [-0.1, -0.05) is 40.2 Å². The smallest absolute Gasteiger partial charge is 0.260 e. The monoisotopic (exact) mass is 370 g/mol. The molecule has 0 aliphatic carbocycles. The summed E-state index contributed by atoms with van der Waals surface area (Å²) in [6.07, 6.45) is 1.61. The summed E-state index contributed by atoms with van der Waals surface area (Å²) < 4.78 is 2.84. The number of nitrogens with zero attached hydrogens (tertiary/aromatic N) is 3. The van der Waals surface area contributed by atoms with Gasteiger partial charge in [0, 0.05) is 4.47 Å². The Kier molecular flexibility index (Phi) is 4.52. The zero-order valence-electron chi connectivity index (χ0n) is 12.5. The maximum atomic E-state index is 12.1. The summed E-state index contributed by atoms with van der Waals surface area (Å²) in [5.41, 5.74) is 5.28. The molecule has 23 heavy (non-hydrogen) atoms. The summed E-state index contributed by atoms with van der Waals surface area (Å²) in [4.78, 5) is 16.5. The third kappa shape index (κ3) is 3.65. The van der Waals surface area contributed by atoms with Crippen molar-refractivity contribution >= 4 is 39.1 Å². The number of hydrazone groups is 1. The Morgan fingerprint density at radius 1 is 1.30 bits per heavy atom. The van der Waals surface area contributed by atoms with Crippen molar-refractivity contribution in [3.8, 4) is 0 Å². The fourth-order valence-electron chi connectivity index (χ4n) is 2.34. The molecule has 1 aromatic heterocycles. The zero-order valence-corrected chi connectivity index (χ0v) is 14.1. The maximum absolute atomic E-state index is 12.1. The van der Waals surface area contributed by atoms with E-state index >= 15 is 0 Å². The second-order valence-corrected chi connectivity index (χ2v) is 6.00. The highest BCUT2D eigenvalue weighted by molar-refractivity contribution is 9.10. The second-order valence-electron chi connectivity index (χ2n) is 5.08. The fourth-order valence-corrected chi connectivity index (χ4v) is 2.76. The van der Waals surface area contributed by atoms with Crippen LogP contribution in [0, 0.1) is 6.92 Å². The number of para-hydroxylation sites is 2. The van der Waals surface area contributed by atoms with Crippen LogP contribution in [0.3, 0.4) is 0 Å². The van der Waals surface area contributed by atoms with Gasteiger partial charge in [-0.2, -0.15) is 5.10 Å². The van der Waals surface area contributed by atoms with Gasteiger partial charge in [-0.3, -0.25) is 4.79 Å². The normalized spacial score (nSPS) is 11.2. The number of aromatic nitrogens is 2. The van der Waals surface area contributed by atoms with Gasteiger partial charge in [-0.05, 0) is 36.8 Å². The number of aryl methyl sites for hydroxylation is 1. The van der Waals surface area contributed by atoms with Crippen molar-refractivity contribution in [1.29, 1.82) is 0 Å². The first-order valence-electron chi connectivity index (χ1n) is 7.13. The van der Waals surface area contributed by atoms with E-state index in [9.17, 15) is 4.79 Å². The Labute approximate surface area is 142 Å². The minimum absolute atomic E-state index is 0.183. The molecule has 3 aromatic rings. The van der Waals surface area contributed by atoms with Crippen LogP contribution in [-0.2, 0) is 11.3 Å². The molecule has 0 spiro atoms. The Morgan fingerprint density at radius 2 is 2.13 bits per heavy atom. The van der Waals surface area contributed by atoms with Crippen LogP contribution in [0.1, 0.15) is 11.4 Å². The van der Waals surface area contributed by atoms with Gasteiger partial charge in [-0.15, -0.1) is 0 Å². The molecule has 0 aliphatic heterocycles. The van der Waals surface area contributed by atoms with Gasteiger partial charge in [0.1, 0.15) is 12.4 Å². The van der Waals surface area contributed by atoms with Gasteiger partial charge in [0.2, 0.25) is 0 Å². The number of imidazole rings is 1. The molecular formula is C17H15BrN4O. The van der Waals surface area contributed by atoms with Crippen LogP contribution < -0.4 is 5.43 Å². The summed E-state index contributed by atoms with van der Waals surface area (Å²) in [6.45, 7) is 2.07. The predicted molar refractivity (Wildman–Crippen MR) is 94.3 cm³/mol.